The van der Waals surface area contributed by atoms with Gasteiger partial charge in [0.2, 0.25) is 0 Å². The molecule has 0 saturated heterocycles. The lowest BCUT2D eigenvalue weighted by atomic mass is 10.1. The zero-order valence-corrected chi connectivity index (χ0v) is 15.2. The summed E-state index contributed by atoms with van der Waals surface area (Å²) >= 11 is 3.37. The number of thioether (sulfide) groups is 1. The number of hydrogen-bond donors (Lipinski definition) is 0. The molecule has 0 aliphatic heterocycles. The number of nitrogens with zero attached hydrogens (tertiary/aromatic N) is 2. The summed E-state index contributed by atoms with van der Waals surface area (Å²) in [4.78, 5) is 17.2. The fraction of sp³-hybridized carbons (Fsp3) is 0.105. The Morgan fingerprint density at radius 1 is 1.12 bits per heavy atom. The Morgan fingerprint density at radius 3 is 2.48 bits per heavy atom. The van der Waals surface area contributed by atoms with Crippen molar-refractivity contribution in [1.82, 2.24) is 4.98 Å². The summed E-state index contributed by atoms with van der Waals surface area (Å²) < 4.78 is 0. The van der Waals surface area contributed by atoms with Gasteiger partial charge in [0.1, 0.15) is 0 Å². The monoisotopic (exact) mass is 368 g/mol. The standard InChI is InChI=1S/C19H16N2O2S2/c1-24-17-9-4-15(5-10-17)12-19-18(20-13-25-19)11-6-14-2-7-16(8-3-14)21(22)23/h2-11,13H,12H2,1H3/b11-6-. The van der Waals surface area contributed by atoms with Crippen LogP contribution in [0.25, 0.3) is 12.2 Å². The van der Waals surface area contributed by atoms with Gasteiger partial charge < -0.3 is 0 Å². The van der Waals surface area contributed by atoms with E-state index in [-0.39, 0.29) is 5.69 Å². The van der Waals surface area contributed by atoms with Gasteiger partial charge in [-0.1, -0.05) is 18.2 Å². The Morgan fingerprint density at radius 2 is 1.84 bits per heavy atom. The Kier molecular flexibility index (Phi) is 5.63. The van der Waals surface area contributed by atoms with E-state index < -0.39 is 4.92 Å². The lowest BCUT2D eigenvalue weighted by molar-refractivity contribution is -0.384. The first kappa shape index (κ1) is 17.4. The van der Waals surface area contributed by atoms with Gasteiger partial charge in [0, 0.05) is 28.3 Å². The van der Waals surface area contributed by atoms with E-state index in [0.29, 0.717) is 0 Å². The molecule has 3 rings (SSSR count). The molecule has 6 heteroatoms. The predicted molar refractivity (Wildman–Crippen MR) is 105 cm³/mol. The van der Waals surface area contributed by atoms with E-state index in [9.17, 15) is 10.1 Å². The Bertz CT molecular complexity index is 885. The van der Waals surface area contributed by atoms with Gasteiger partial charge in [0.25, 0.3) is 5.69 Å². The van der Waals surface area contributed by atoms with E-state index in [4.69, 9.17) is 0 Å². The summed E-state index contributed by atoms with van der Waals surface area (Å²) in [6.07, 6.45) is 6.81. The molecule has 1 heterocycles. The summed E-state index contributed by atoms with van der Waals surface area (Å²) in [5.41, 5.74) is 5.06. The molecule has 0 fully saturated rings. The molecular formula is C19H16N2O2S2. The van der Waals surface area contributed by atoms with Crippen molar-refractivity contribution in [3.8, 4) is 0 Å². The van der Waals surface area contributed by atoms with E-state index in [0.717, 1.165) is 17.7 Å². The number of benzene rings is 2. The van der Waals surface area contributed by atoms with E-state index in [1.165, 1.54) is 27.5 Å². The minimum atomic E-state index is -0.394. The second kappa shape index (κ2) is 8.09. The summed E-state index contributed by atoms with van der Waals surface area (Å²) in [6, 6.07) is 15.1. The molecule has 0 N–H and O–H groups in total. The molecular weight excluding hydrogens is 352 g/mol. The lowest BCUT2D eigenvalue weighted by Gasteiger charge is -2.02. The number of non-ortho nitro benzene ring substituents is 1. The van der Waals surface area contributed by atoms with Crippen molar-refractivity contribution in [1.29, 1.82) is 0 Å². The quantitative estimate of drug-likeness (QED) is 0.326. The van der Waals surface area contributed by atoms with Crippen LogP contribution in [0, 0.1) is 10.1 Å². The van der Waals surface area contributed by atoms with Crippen LogP contribution in [0.5, 0.6) is 0 Å². The van der Waals surface area contributed by atoms with Crippen molar-refractivity contribution >= 4 is 40.9 Å². The van der Waals surface area contributed by atoms with E-state index in [1.54, 1.807) is 35.2 Å². The molecule has 0 radical (unpaired) electrons. The van der Waals surface area contributed by atoms with Gasteiger partial charge in [0.05, 0.1) is 16.1 Å². The Balaban J connectivity index is 1.73. The summed E-state index contributed by atoms with van der Waals surface area (Å²) in [5.74, 6) is 0. The third kappa shape index (κ3) is 4.55. The fourth-order valence-electron chi connectivity index (χ4n) is 2.36. The highest BCUT2D eigenvalue weighted by Crippen LogP contribution is 2.22. The number of rotatable bonds is 6. The molecule has 126 valence electrons. The van der Waals surface area contributed by atoms with Crippen molar-refractivity contribution in [2.45, 2.75) is 11.3 Å². The SMILES string of the molecule is CSc1ccc(Cc2scnc2/C=C\c2ccc([N+](=O)[O-])cc2)cc1. The number of hydrogen-bond acceptors (Lipinski definition) is 5. The molecule has 4 nitrogen and oxygen atoms in total. The average Bonchev–Trinajstić information content (AvgIpc) is 3.08. The van der Waals surface area contributed by atoms with Crippen LogP contribution in [-0.2, 0) is 6.42 Å². The highest BCUT2D eigenvalue weighted by Gasteiger charge is 2.06. The molecule has 0 amide bonds. The molecule has 25 heavy (non-hydrogen) atoms. The van der Waals surface area contributed by atoms with Gasteiger partial charge in [-0.2, -0.15) is 0 Å². The second-order valence-electron chi connectivity index (χ2n) is 5.37. The van der Waals surface area contributed by atoms with Gasteiger partial charge >= 0.3 is 0 Å². The average molecular weight is 368 g/mol. The van der Waals surface area contributed by atoms with E-state index in [2.05, 4.69) is 35.5 Å². The van der Waals surface area contributed by atoms with Crippen LogP contribution in [0.2, 0.25) is 0 Å². The van der Waals surface area contributed by atoms with Crippen molar-refractivity contribution in [2.24, 2.45) is 0 Å². The van der Waals surface area contributed by atoms with Crippen LogP contribution in [-0.4, -0.2) is 16.2 Å². The third-order valence-corrected chi connectivity index (χ3v) is 5.33. The Hall–Kier alpha value is -2.44. The van der Waals surface area contributed by atoms with Gasteiger partial charge in [-0.3, -0.25) is 10.1 Å². The van der Waals surface area contributed by atoms with Crippen LogP contribution >= 0.6 is 23.1 Å². The van der Waals surface area contributed by atoms with Crippen LogP contribution in [0.1, 0.15) is 21.7 Å². The van der Waals surface area contributed by atoms with Crippen LogP contribution in [0.4, 0.5) is 5.69 Å². The van der Waals surface area contributed by atoms with Gasteiger partial charge in [-0.15, -0.1) is 23.1 Å². The summed E-state index contributed by atoms with van der Waals surface area (Å²) in [6.45, 7) is 0. The number of thiazole rings is 1. The van der Waals surface area contributed by atoms with Gasteiger partial charge in [0.15, 0.2) is 0 Å². The molecule has 0 bridgehead atoms. The molecule has 0 saturated carbocycles. The first-order valence-corrected chi connectivity index (χ1v) is 9.74. The Labute approximate surface area is 154 Å². The molecule has 1 aromatic heterocycles. The summed E-state index contributed by atoms with van der Waals surface area (Å²) in [5, 5.41) is 10.7. The maximum atomic E-state index is 10.7. The van der Waals surface area contributed by atoms with Crippen molar-refractivity contribution in [2.75, 3.05) is 6.26 Å². The maximum Gasteiger partial charge on any atom is 0.269 e. The molecule has 0 atom stereocenters. The fourth-order valence-corrected chi connectivity index (χ4v) is 3.55. The first-order chi connectivity index (χ1) is 12.2. The molecule has 0 aliphatic rings. The highest BCUT2D eigenvalue weighted by atomic mass is 32.2. The molecule has 3 aromatic rings. The summed E-state index contributed by atoms with van der Waals surface area (Å²) in [7, 11) is 0. The maximum absolute atomic E-state index is 10.7. The van der Waals surface area contributed by atoms with E-state index in [1.807, 2.05) is 17.7 Å². The number of nitro groups is 1. The smallest absolute Gasteiger partial charge is 0.258 e. The number of aromatic nitrogens is 1. The molecule has 0 unspecified atom stereocenters. The van der Waals surface area contributed by atoms with Crippen molar-refractivity contribution in [3.05, 3.63) is 85.9 Å². The first-order valence-electron chi connectivity index (χ1n) is 7.63. The second-order valence-corrected chi connectivity index (χ2v) is 7.19. The van der Waals surface area contributed by atoms with Crippen molar-refractivity contribution in [3.63, 3.8) is 0 Å². The number of nitro benzene ring substituents is 1. The highest BCUT2D eigenvalue weighted by molar-refractivity contribution is 7.98. The largest absolute Gasteiger partial charge is 0.269 e. The van der Waals surface area contributed by atoms with Crippen LogP contribution < -0.4 is 0 Å². The van der Waals surface area contributed by atoms with Crippen LogP contribution in [0.15, 0.2) is 58.9 Å². The minimum Gasteiger partial charge on any atom is -0.258 e. The normalized spacial score (nSPS) is 11.1. The van der Waals surface area contributed by atoms with Crippen molar-refractivity contribution < 1.29 is 4.92 Å². The molecule has 2 aromatic carbocycles. The van der Waals surface area contributed by atoms with Gasteiger partial charge in [-0.25, -0.2) is 4.98 Å². The van der Waals surface area contributed by atoms with E-state index >= 15 is 0 Å². The lowest BCUT2D eigenvalue weighted by Crippen LogP contribution is -1.88. The zero-order valence-electron chi connectivity index (χ0n) is 13.6. The third-order valence-electron chi connectivity index (χ3n) is 3.73. The molecule has 0 spiro atoms. The molecule has 0 aliphatic carbocycles. The predicted octanol–water partition coefficient (Wildman–Crippen LogP) is 5.53. The topological polar surface area (TPSA) is 56.0 Å². The van der Waals surface area contributed by atoms with Crippen LogP contribution in [0.3, 0.4) is 0 Å². The zero-order chi connectivity index (χ0) is 17.6. The minimum absolute atomic E-state index is 0.0974. The van der Waals surface area contributed by atoms with Gasteiger partial charge in [-0.05, 0) is 47.7 Å².